The molecule has 5 aliphatic carbocycles. The van der Waals surface area contributed by atoms with Crippen molar-refractivity contribution in [1.29, 1.82) is 0 Å². The van der Waals surface area contributed by atoms with Crippen LogP contribution in [0.25, 0.3) is 0 Å². The van der Waals surface area contributed by atoms with E-state index in [-0.39, 0.29) is 51.5 Å². The fourth-order valence-corrected chi connectivity index (χ4v) is 12.3. The third kappa shape index (κ3) is 4.74. The number of cyclic esters (lactones) is 1. The van der Waals surface area contributed by atoms with E-state index in [1.165, 1.54) is 12.5 Å². The van der Waals surface area contributed by atoms with Crippen molar-refractivity contribution in [1.82, 2.24) is 0 Å². The van der Waals surface area contributed by atoms with Crippen molar-refractivity contribution < 1.29 is 43.9 Å². The maximum absolute atomic E-state index is 14.3. The van der Waals surface area contributed by atoms with Gasteiger partial charge in [-0.2, -0.15) is 0 Å². The van der Waals surface area contributed by atoms with Crippen LogP contribution in [0.2, 0.25) is 0 Å². The Hall–Kier alpha value is -2.55. The van der Waals surface area contributed by atoms with E-state index in [1.54, 1.807) is 0 Å². The molecule has 3 unspecified atom stereocenters. The Bertz CT molecular complexity index is 1400. The fourth-order valence-electron chi connectivity index (χ4n) is 12.3. The van der Waals surface area contributed by atoms with E-state index in [0.717, 1.165) is 44.9 Å². The number of esters is 3. The normalized spacial score (nSPS) is 46.1. The molecule has 12 atom stereocenters. The highest BCUT2D eigenvalue weighted by Crippen LogP contribution is 2.76. The average Bonchev–Trinajstić information content (AvgIpc) is 3.26. The lowest BCUT2D eigenvalue weighted by Crippen LogP contribution is -2.65. The van der Waals surface area contributed by atoms with Crippen LogP contribution < -0.4 is 0 Å². The number of aliphatic hydroxyl groups is 3. The molecule has 3 N–H and O–H groups in total. The predicted molar refractivity (Wildman–Crippen MR) is 174 cm³/mol. The summed E-state index contributed by atoms with van der Waals surface area (Å²) in [6.45, 7) is 17.7. The molecule has 1 heterocycles. The zero-order chi connectivity index (χ0) is 34.5. The highest BCUT2D eigenvalue weighted by atomic mass is 16.6. The molecule has 1 aliphatic heterocycles. The smallest absolute Gasteiger partial charge is 0.377 e. The first kappa shape index (κ1) is 34.3. The fraction of sp³-hybridized carbons (Fsp3) is 0.816. The van der Waals surface area contributed by atoms with E-state index in [1.807, 2.05) is 0 Å². The second-order valence-electron chi connectivity index (χ2n) is 17.5. The number of hydrogen-bond acceptors (Lipinski definition) is 9. The Morgan fingerprint density at radius 2 is 1.68 bits per heavy atom. The molecule has 0 amide bonds. The van der Waals surface area contributed by atoms with Crippen LogP contribution in [-0.2, 0) is 28.6 Å². The summed E-state index contributed by atoms with van der Waals surface area (Å²) in [6, 6.07) is 0. The summed E-state index contributed by atoms with van der Waals surface area (Å²) in [6.07, 6.45) is 7.72. The molecular formula is C38H56O9. The molecule has 6 rings (SSSR count). The molecule has 6 aliphatic rings. The molecule has 0 aromatic carbocycles. The average molecular weight is 657 g/mol. The Labute approximate surface area is 279 Å². The van der Waals surface area contributed by atoms with Gasteiger partial charge in [0.1, 0.15) is 18.8 Å². The molecule has 262 valence electrons. The van der Waals surface area contributed by atoms with Crippen molar-refractivity contribution in [2.45, 2.75) is 131 Å². The minimum atomic E-state index is -1.50. The van der Waals surface area contributed by atoms with Crippen LogP contribution in [0.15, 0.2) is 23.2 Å². The number of carbonyl (C=O) groups excluding carboxylic acids is 3. The van der Waals surface area contributed by atoms with Crippen LogP contribution in [-0.4, -0.2) is 58.1 Å². The summed E-state index contributed by atoms with van der Waals surface area (Å²) >= 11 is 0. The molecule has 0 aromatic rings. The van der Waals surface area contributed by atoms with Crippen LogP contribution in [0, 0.1) is 56.7 Å². The van der Waals surface area contributed by atoms with Gasteiger partial charge >= 0.3 is 17.9 Å². The van der Waals surface area contributed by atoms with Crippen molar-refractivity contribution >= 4 is 17.9 Å². The molecule has 4 saturated carbocycles. The van der Waals surface area contributed by atoms with Crippen LogP contribution in [0.5, 0.6) is 0 Å². The summed E-state index contributed by atoms with van der Waals surface area (Å²) in [5, 5.41) is 30.4. The first-order valence-corrected chi connectivity index (χ1v) is 17.9. The van der Waals surface area contributed by atoms with Gasteiger partial charge in [-0.1, -0.05) is 60.1 Å². The molecule has 9 heteroatoms. The van der Waals surface area contributed by atoms with Crippen molar-refractivity contribution in [2.75, 3.05) is 6.61 Å². The van der Waals surface area contributed by atoms with E-state index in [9.17, 15) is 29.7 Å². The van der Waals surface area contributed by atoms with Crippen molar-refractivity contribution in [3.63, 3.8) is 0 Å². The lowest BCUT2D eigenvalue weighted by molar-refractivity contribution is -0.214. The maximum atomic E-state index is 14.3. The molecule has 0 aromatic heterocycles. The lowest BCUT2D eigenvalue weighted by atomic mass is 9.33. The summed E-state index contributed by atoms with van der Waals surface area (Å²) in [5.41, 5.74) is 0.618. The van der Waals surface area contributed by atoms with Crippen LogP contribution in [0.4, 0.5) is 0 Å². The zero-order valence-electron chi connectivity index (χ0n) is 29.6. The van der Waals surface area contributed by atoms with Gasteiger partial charge in [0.25, 0.3) is 0 Å². The predicted octanol–water partition coefficient (Wildman–Crippen LogP) is 6.73. The van der Waals surface area contributed by atoms with E-state index >= 15 is 0 Å². The van der Waals surface area contributed by atoms with Gasteiger partial charge in [-0.25, -0.2) is 4.79 Å². The van der Waals surface area contributed by atoms with Crippen molar-refractivity contribution in [3.05, 3.63) is 23.2 Å². The third-order valence-corrected chi connectivity index (χ3v) is 15.3. The zero-order valence-corrected chi connectivity index (χ0v) is 29.6. The second kappa shape index (κ2) is 11.2. The lowest BCUT2D eigenvalue weighted by Gasteiger charge is -2.71. The minimum Gasteiger partial charge on any atom is -0.505 e. The van der Waals surface area contributed by atoms with Gasteiger partial charge in [0.2, 0.25) is 5.76 Å². The number of ether oxygens (including phenoxy) is 3. The first-order chi connectivity index (χ1) is 21.8. The van der Waals surface area contributed by atoms with Gasteiger partial charge < -0.3 is 29.5 Å². The summed E-state index contributed by atoms with van der Waals surface area (Å²) in [4.78, 5) is 38.0. The molecule has 4 fully saturated rings. The Balaban J connectivity index is 1.30. The number of aliphatic hydroxyl groups excluding tert-OH is 3. The first-order valence-electron chi connectivity index (χ1n) is 17.9. The van der Waals surface area contributed by atoms with E-state index in [0.29, 0.717) is 30.6 Å². The molecule has 9 nitrogen and oxygen atoms in total. The van der Waals surface area contributed by atoms with Gasteiger partial charge in [0.05, 0.1) is 5.41 Å². The van der Waals surface area contributed by atoms with Crippen LogP contribution in [0.1, 0.15) is 113 Å². The van der Waals surface area contributed by atoms with Gasteiger partial charge in [-0.15, -0.1) is 0 Å². The van der Waals surface area contributed by atoms with Gasteiger partial charge in [0.15, 0.2) is 11.9 Å². The highest BCUT2D eigenvalue weighted by molar-refractivity contribution is 5.89. The standard InChI is InChI=1S/C38H56O9/c1-20-11-16-38(33(44)45-19-24(40)31-29(41)30(42)32(43)47-31)18-17-36(7)23(28(38)21(20)2)9-10-26-35(6)14-13-27(46-22(3)39)34(4,5)25(35)12-15-37(26,36)8/h9,20-21,24-28,31,40-42H,10-19H2,1-8H3/t20-,21+,24+,25?,26?,27+,28+,31?,35+,36-,37-,38+/m1/s1. The van der Waals surface area contributed by atoms with E-state index in [2.05, 4.69) is 54.5 Å². The summed E-state index contributed by atoms with van der Waals surface area (Å²) < 4.78 is 16.7. The molecule has 0 radical (unpaired) electrons. The highest BCUT2D eigenvalue weighted by Gasteiger charge is 2.70. The van der Waals surface area contributed by atoms with E-state index < -0.39 is 41.7 Å². The van der Waals surface area contributed by atoms with Gasteiger partial charge in [-0.3, -0.25) is 9.59 Å². The monoisotopic (exact) mass is 656 g/mol. The van der Waals surface area contributed by atoms with Gasteiger partial charge in [0, 0.05) is 12.3 Å². The number of carbonyl (C=O) groups is 3. The van der Waals surface area contributed by atoms with Gasteiger partial charge in [-0.05, 0) is 104 Å². The minimum absolute atomic E-state index is 0.00995. The largest absolute Gasteiger partial charge is 0.505 e. The van der Waals surface area contributed by atoms with Crippen LogP contribution >= 0.6 is 0 Å². The quantitative estimate of drug-likeness (QED) is 0.167. The van der Waals surface area contributed by atoms with Crippen molar-refractivity contribution in [2.24, 2.45) is 56.7 Å². The summed E-state index contributed by atoms with van der Waals surface area (Å²) in [5.74, 6) is -1.70. The number of fused-ring (bicyclic) bond motifs is 7. The number of rotatable bonds is 5. The third-order valence-electron chi connectivity index (χ3n) is 15.3. The second-order valence-corrected chi connectivity index (χ2v) is 17.5. The molecule has 47 heavy (non-hydrogen) atoms. The molecule has 0 saturated heterocycles. The van der Waals surface area contributed by atoms with E-state index in [4.69, 9.17) is 14.2 Å². The number of hydrogen-bond donors (Lipinski definition) is 3. The topological polar surface area (TPSA) is 140 Å². The SMILES string of the molecule is CC(=O)O[C@H]1CC[C@@]2(C)C(CC[C@]3(C)C2CC=C2[C@@H]4[C@@H](C)[C@H](C)CC[C@]4(C(=O)OC[C@H](O)C4OC(=O)C(O)=C4O)CC[C@]23C)C1(C)C. The molecular weight excluding hydrogens is 600 g/mol. The number of allylic oxidation sites excluding steroid dienone is 2. The Morgan fingerprint density at radius 1 is 0.979 bits per heavy atom. The maximum Gasteiger partial charge on any atom is 0.377 e. The molecule has 0 spiro atoms. The van der Waals surface area contributed by atoms with Crippen molar-refractivity contribution in [3.8, 4) is 0 Å². The molecule has 0 bridgehead atoms. The Kier molecular flexibility index (Phi) is 8.21. The summed E-state index contributed by atoms with van der Waals surface area (Å²) in [7, 11) is 0. The Morgan fingerprint density at radius 3 is 2.32 bits per heavy atom. The van der Waals surface area contributed by atoms with Crippen LogP contribution in [0.3, 0.4) is 0 Å².